The molecule has 0 aliphatic rings. The zero-order chi connectivity index (χ0) is 18.5. The van der Waals surface area contributed by atoms with Crippen LogP contribution in [-0.4, -0.2) is 18.0 Å². The van der Waals surface area contributed by atoms with Gasteiger partial charge in [-0.1, -0.05) is 29.8 Å². The molecular formula is C20H20N2O3S. The Morgan fingerprint density at radius 2 is 1.88 bits per heavy atom. The summed E-state index contributed by atoms with van der Waals surface area (Å²) in [4.78, 5) is 17.6. The molecule has 6 heteroatoms. The number of amides is 1. The minimum Gasteiger partial charge on any atom is -0.493 e. The van der Waals surface area contributed by atoms with Crippen LogP contribution in [0.4, 0.5) is 5.13 Å². The van der Waals surface area contributed by atoms with E-state index >= 15 is 0 Å². The Morgan fingerprint density at radius 3 is 2.54 bits per heavy atom. The van der Waals surface area contributed by atoms with Gasteiger partial charge in [-0.15, -0.1) is 11.3 Å². The number of carbonyl (C=O) groups is 1. The lowest BCUT2D eigenvalue weighted by atomic mass is 10.1. The normalized spacial score (nSPS) is 10.4. The molecule has 1 heterocycles. The van der Waals surface area contributed by atoms with Crippen LogP contribution in [0.5, 0.6) is 11.5 Å². The molecule has 0 spiro atoms. The largest absolute Gasteiger partial charge is 0.493 e. The molecule has 0 radical (unpaired) electrons. The van der Waals surface area contributed by atoms with E-state index in [0.717, 1.165) is 10.4 Å². The van der Waals surface area contributed by atoms with Gasteiger partial charge >= 0.3 is 0 Å². The summed E-state index contributed by atoms with van der Waals surface area (Å²) in [6, 6.07) is 13.3. The van der Waals surface area contributed by atoms with Gasteiger partial charge in [-0.25, -0.2) is 4.98 Å². The number of ether oxygens (including phenoxy) is 2. The van der Waals surface area contributed by atoms with E-state index in [1.165, 1.54) is 16.9 Å². The van der Waals surface area contributed by atoms with Crippen LogP contribution >= 0.6 is 11.3 Å². The summed E-state index contributed by atoms with van der Waals surface area (Å²) in [6.45, 7) is 4.42. The Bertz CT molecular complexity index is 904. The number of hydrogen-bond acceptors (Lipinski definition) is 5. The summed E-state index contributed by atoms with van der Waals surface area (Å²) in [6.07, 6.45) is 1.73. The van der Waals surface area contributed by atoms with Gasteiger partial charge in [0.05, 0.1) is 7.11 Å². The lowest BCUT2D eigenvalue weighted by Gasteiger charge is -2.12. The summed E-state index contributed by atoms with van der Waals surface area (Å²) >= 11 is 1.43. The Hall–Kier alpha value is -2.86. The topological polar surface area (TPSA) is 60.5 Å². The molecule has 134 valence electrons. The fourth-order valence-corrected chi connectivity index (χ4v) is 3.01. The zero-order valence-corrected chi connectivity index (χ0v) is 15.7. The number of nitrogens with one attached hydrogen (secondary N) is 1. The van der Waals surface area contributed by atoms with Gasteiger partial charge in [-0.3, -0.25) is 10.1 Å². The lowest BCUT2D eigenvalue weighted by molar-refractivity contribution is 0.102. The molecular weight excluding hydrogens is 348 g/mol. The lowest BCUT2D eigenvalue weighted by Crippen LogP contribution is -2.12. The maximum Gasteiger partial charge on any atom is 0.257 e. The van der Waals surface area contributed by atoms with Gasteiger partial charge < -0.3 is 9.47 Å². The highest BCUT2D eigenvalue weighted by Crippen LogP contribution is 2.29. The van der Waals surface area contributed by atoms with E-state index < -0.39 is 0 Å². The van der Waals surface area contributed by atoms with E-state index in [4.69, 9.17) is 9.47 Å². The van der Waals surface area contributed by atoms with Crippen molar-refractivity contribution in [3.63, 3.8) is 0 Å². The molecule has 2 aromatic carbocycles. The first kappa shape index (κ1) is 17.9. The first-order valence-corrected chi connectivity index (χ1v) is 8.97. The van der Waals surface area contributed by atoms with Crippen molar-refractivity contribution in [1.82, 2.24) is 4.98 Å². The first-order chi connectivity index (χ1) is 12.5. The van der Waals surface area contributed by atoms with Crippen molar-refractivity contribution >= 4 is 22.4 Å². The minimum absolute atomic E-state index is 0.234. The second kappa shape index (κ2) is 8.01. The molecule has 1 aromatic heterocycles. The van der Waals surface area contributed by atoms with Gasteiger partial charge in [0.1, 0.15) is 6.61 Å². The van der Waals surface area contributed by atoms with Gasteiger partial charge in [-0.05, 0) is 37.6 Å². The van der Waals surface area contributed by atoms with Crippen molar-refractivity contribution in [3.05, 3.63) is 70.2 Å². The van der Waals surface area contributed by atoms with E-state index in [1.54, 1.807) is 31.5 Å². The molecule has 0 atom stereocenters. The molecule has 0 aliphatic carbocycles. The molecule has 0 saturated carbocycles. The third-order valence-corrected chi connectivity index (χ3v) is 4.61. The molecule has 3 aromatic rings. The predicted octanol–water partition coefficient (Wildman–Crippen LogP) is 4.60. The van der Waals surface area contributed by atoms with Crippen LogP contribution in [0.25, 0.3) is 0 Å². The molecule has 0 unspecified atom stereocenters. The average Bonchev–Trinajstić information content (AvgIpc) is 3.05. The summed E-state index contributed by atoms with van der Waals surface area (Å²) in [5, 5.41) is 3.36. The number of aromatic nitrogens is 1. The zero-order valence-electron chi connectivity index (χ0n) is 14.9. The number of hydrogen-bond donors (Lipinski definition) is 1. The van der Waals surface area contributed by atoms with E-state index in [9.17, 15) is 4.79 Å². The molecule has 0 saturated heterocycles. The van der Waals surface area contributed by atoms with Gasteiger partial charge in [-0.2, -0.15) is 0 Å². The minimum atomic E-state index is -0.234. The van der Waals surface area contributed by atoms with Crippen molar-refractivity contribution in [2.24, 2.45) is 0 Å². The molecule has 0 bridgehead atoms. The Kier molecular flexibility index (Phi) is 5.53. The van der Waals surface area contributed by atoms with Gasteiger partial charge in [0.2, 0.25) is 0 Å². The van der Waals surface area contributed by atoms with Crippen LogP contribution in [0.3, 0.4) is 0 Å². The number of anilines is 1. The molecule has 1 amide bonds. The highest BCUT2D eigenvalue weighted by molar-refractivity contribution is 7.15. The second-order valence-corrected chi connectivity index (χ2v) is 7.10. The number of carbonyl (C=O) groups excluding carboxylic acids is 1. The van der Waals surface area contributed by atoms with Crippen molar-refractivity contribution in [3.8, 4) is 11.5 Å². The molecule has 26 heavy (non-hydrogen) atoms. The van der Waals surface area contributed by atoms with E-state index in [2.05, 4.69) is 10.3 Å². The van der Waals surface area contributed by atoms with Crippen LogP contribution < -0.4 is 14.8 Å². The Morgan fingerprint density at radius 1 is 1.12 bits per heavy atom. The van der Waals surface area contributed by atoms with Crippen LogP contribution in [0.1, 0.15) is 26.4 Å². The fourth-order valence-electron chi connectivity index (χ4n) is 2.36. The number of rotatable bonds is 6. The SMILES string of the molecule is COc1cc(C(=O)Nc2ncc(C)s2)ccc1OCc1ccc(C)cc1. The Labute approximate surface area is 156 Å². The number of nitrogens with zero attached hydrogens (tertiary/aromatic N) is 1. The first-order valence-electron chi connectivity index (χ1n) is 8.15. The monoisotopic (exact) mass is 368 g/mol. The standard InChI is InChI=1S/C20H20N2O3S/c1-13-4-6-15(7-5-13)12-25-17-9-8-16(10-18(17)24-3)19(23)22-20-21-11-14(2)26-20/h4-11H,12H2,1-3H3,(H,21,22,23). The molecule has 3 rings (SSSR count). The predicted molar refractivity (Wildman–Crippen MR) is 103 cm³/mol. The Balaban J connectivity index is 1.70. The van der Waals surface area contributed by atoms with Crippen molar-refractivity contribution in [2.75, 3.05) is 12.4 Å². The summed E-state index contributed by atoms with van der Waals surface area (Å²) in [7, 11) is 1.56. The summed E-state index contributed by atoms with van der Waals surface area (Å²) in [5.41, 5.74) is 2.76. The maximum absolute atomic E-state index is 12.4. The molecule has 0 aliphatic heterocycles. The average molecular weight is 368 g/mol. The number of thiazole rings is 1. The fraction of sp³-hybridized carbons (Fsp3) is 0.200. The number of benzene rings is 2. The highest BCUT2D eigenvalue weighted by atomic mass is 32.1. The van der Waals surface area contributed by atoms with Crippen LogP contribution in [0.2, 0.25) is 0 Å². The van der Waals surface area contributed by atoms with Crippen molar-refractivity contribution < 1.29 is 14.3 Å². The third kappa shape index (κ3) is 4.40. The highest BCUT2D eigenvalue weighted by Gasteiger charge is 2.13. The summed E-state index contributed by atoms with van der Waals surface area (Å²) in [5.74, 6) is 0.873. The van der Waals surface area contributed by atoms with Crippen molar-refractivity contribution in [1.29, 1.82) is 0 Å². The number of methoxy groups -OCH3 is 1. The van der Waals surface area contributed by atoms with Crippen LogP contribution in [0, 0.1) is 13.8 Å². The van der Waals surface area contributed by atoms with E-state index in [0.29, 0.717) is 28.8 Å². The van der Waals surface area contributed by atoms with Gasteiger partial charge in [0.15, 0.2) is 16.6 Å². The smallest absolute Gasteiger partial charge is 0.257 e. The number of aryl methyl sites for hydroxylation is 2. The molecule has 5 nitrogen and oxygen atoms in total. The van der Waals surface area contributed by atoms with Gasteiger partial charge in [0, 0.05) is 16.6 Å². The third-order valence-electron chi connectivity index (χ3n) is 3.78. The van der Waals surface area contributed by atoms with E-state index in [1.807, 2.05) is 38.1 Å². The second-order valence-electron chi connectivity index (χ2n) is 5.87. The van der Waals surface area contributed by atoms with Crippen molar-refractivity contribution in [2.45, 2.75) is 20.5 Å². The van der Waals surface area contributed by atoms with E-state index in [-0.39, 0.29) is 5.91 Å². The summed E-state index contributed by atoms with van der Waals surface area (Å²) < 4.78 is 11.2. The van der Waals surface area contributed by atoms with Crippen LogP contribution in [0.15, 0.2) is 48.7 Å². The molecule has 1 N–H and O–H groups in total. The van der Waals surface area contributed by atoms with Gasteiger partial charge in [0.25, 0.3) is 5.91 Å². The van der Waals surface area contributed by atoms with Crippen LogP contribution in [-0.2, 0) is 6.61 Å². The molecule has 0 fully saturated rings. The maximum atomic E-state index is 12.4. The quantitative estimate of drug-likeness (QED) is 0.691.